The number of quaternary nitrogens is 1. The lowest BCUT2D eigenvalue weighted by Crippen LogP contribution is -2.37. The third-order valence-corrected chi connectivity index (χ3v) is 6.07. The van der Waals surface area contributed by atoms with Crippen LogP contribution >= 0.6 is 7.82 Å². The molecule has 0 heterocycles. The zero-order valence-electron chi connectivity index (χ0n) is 19.6. The zero-order chi connectivity index (χ0) is 22.0. The minimum atomic E-state index is -4.07. The highest BCUT2D eigenvalue weighted by Crippen LogP contribution is 2.43. The van der Waals surface area contributed by atoms with Gasteiger partial charge in [-0.15, -0.1) is 0 Å². The van der Waals surface area contributed by atoms with Crippen molar-refractivity contribution in [3.8, 4) is 0 Å². The van der Waals surface area contributed by atoms with Gasteiger partial charge in [-0.2, -0.15) is 0 Å². The molecule has 0 saturated heterocycles. The van der Waals surface area contributed by atoms with Gasteiger partial charge in [-0.25, -0.2) is 4.57 Å². The maximum absolute atomic E-state index is 11.8. The quantitative estimate of drug-likeness (QED) is 0.137. The van der Waals surface area contributed by atoms with Gasteiger partial charge in [-0.1, -0.05) is 90.4 Å². The van der Waals surface area contributed by atoms with Gasteiger partial charge in [0, 0.05) is 0 Å². The van der Waals surface area contributed by atoms with E-state index in [4.69, 9.17) is 9.05 Å². The summed E-state index contributed by atoms with van der Waals surface area (Å²) in [5, 5.41) is 9.93. The second-order valence-corrected chi connectivity index (χ2v) is 10.8. The van der Waals surface area contributed by atoms with Crippen LogP contribution in [0.2, 0.25) is 0 Å². The van der Waals surface area contributed by atoms with Gasteiger partial charge in [0.2, 0.25) is 0 Å². The van der Waals surface area contributed by atoms with Crippen LogP contribution in [0.5, 0.6) is 0 Å². The molecule has 0 spiro atoms. The Morgan fingerprint density at radius 1 is 0.793 bits per heavy atom. The summed E-state index contributed by atoms with van der Waals surface area (Å²) >= 11 is 0. The van der Waals surface area contributed by atoms with Gasteiger partial charge < -0.3 is 14.5 Å². The maximum atomic E-state index is 11.8. The molecule has 2 N–H and O–H groups in total. The molecular formula is C22H49NO5P+. The number of phosphoric ester groups is 1. The molecule has 6 nitrogen and oxygen atoms in total. The first-order chi connectivity index (χ1) is 13.7. The molecular weight excluding hydrogens is 389 g/mol. The van der Waals surface area contributed by atoms with Gasteiger partial charge >= 0.3 is 7.82 Å². The molecule has 0 radical (unpaired) electrons. The lowest BCUT2D eigenvalue weighted by molar-refractivity contribution is -0.870. The van der Waals surface area contributed by atoms with E-state index < -0.39 is 13.9 Å². The molecule has 0 aromatic heterocycles. The summed E-state index contributed by atoms with van der Waals surface area (Å²) in [5.74, 6) is 0. The molecule has 7 heteroatoms. The fourth-order valence-electron chi connectivity index (χ4n) is 3.13. The van der Waals surface area contributed by atoms with Crippen LogP contribution in [0, 0.1) is 0 Å². The topological polar surface area (TPSA) is 76.0 Å². The molecule has 0 fully saturated rings. The Hall–Kier alpha value is 0.0300. The second-order valence-electron chi connectivity index (χ2n) is 9.30. The van der Waals surface area contributed by atoms with Crippen molar-refractivity contribution >= 4 is 7.82 Å². The minimum Gasteiger partial charge on any atom is -0.391 e. The van der Waals surface area contributed by atoms with E-state index in [-0.39, 0.29) is 13.2 Å². The Bertz CT molecular complexity index is 414. The molecule has 0 rings (SSSR count). The highest BCUT2D eigenvalue weighted by molar-refractivity contribution is 7.47. The average molecular weight is 439 g/mol. The Kier molecular flexibility index (Phi) is 17.7. The standard InChI is InChI=1S/C22H48NO5P/c1-5-6-7-8-9-10-11-12-13-14-15-16-17-18-22(24)21-28-29(25,26)27-20-19-23(2,3)4/h22,24H,5-21H2,1-4H3/p+1. The number of nitrogens with zero attached hydrogens (tertiary/aromatic N) is 1. The van der Waals surface area contributed by atoms with E-state index in [0.717, 1.165) is 12.8 Å². The summed E-state index contributed by atoms with van der Waals surface area (Å²) in [5.41, 5.74) is 0. The number of phosphoric acid groups is 1. The van der Waals surface area contributed by atoms with Crippen LogP contribution in [-0.4, -0.2) is 61.5 Å². The number of aliphatic hydroxyl groups is 1. The molecule has 0 amide bonds. The third-order valence-electron chi connectivity index (χ3n) is 5.09. The van der Waals surface area contributed by atoms with Crippen molar-refractivity contribution in [2.75, 3.05) is 40.9 Å². The number of hydrogen-bond acceptors (Lipinski definition) is 4. The maximum Gasteiger partial charge on any atom is 0.472 e. The first-order valence-electron chi connectivity index (χ1n) is 11.8. The van der Waals surface area contributed by atoms with Gasteiger partial charge in [-0.3, -0.25) is 9.05 Å². The van der Waals surface area contributed by atoms with Gasteiger partial charge in [-0.05, 0) is 6.42 Å². The van der Waals surface area contributed by atoms with Crippen LogP contribution in [0.3, 0.4) is 0 Å². The van der Waals surface area contributed by atoms with E-state index in [1.807, 2.05) is 21.1 Å². The SMILES string of the molecule is CCCCCCCCCCCCCCCC(O)COP(=O)(O)OCC[N+](C)(C)C. The monoisotopic (exact) mass is 438 g/mol. The zero-order valence-corrected chi connectivity index (χ0v) is 20.5. The Morgan fingerprint density at radius 3 is 1.69 bits per heavy atom. The Labute approximate surface area is 180 Å². The summed E-state index contributed by atoms with van der Waals surface area (Å²) in [6, 6.07) is 0. The predicted octanol–water partition coefficient (Wildman–Crippen LogP) is 5.67. The summed E-state index contributed by atoms with van der Waals surface area (Å²) < 4.78 is 22.3. The summed E-state index contributed by atoms with van der Waals surface area (Å²) in [7, 11) is 1.86. The van der Waals surface area contributed by atoms with Crippen molar-refractivity contribution in [1.82, 2.24) is 0 Å². The average Bonchev–Trinajstić information content (AvgIpc) is 2.62. The second kappa shape index (κ2) is 17.7. The van der Waals surface area contributed by atoms with Crippen molar-refractivity contribution in [3.63, 3.8) is 0 Å². The number of hydrogen-bond donors (Lipinski definition) is 2. The normalized spacial score (nSPS) is 15.4. The highest BCUT2D eigenvalue weighted by atomic mass is 31.2. The van der Waals surface area contributed by atoms with E-state index in [0.29, 0.717) is 17.4 Å². The van der Waals surface area contributed by atoms with Gasteiger partial charge in [0.05, 0.1) is 33.9 Å². The highest BCUT2D eigenvalue weighted by Gasteiger charge is 2.23. The van der Waals surface area contributed by atoms with Crippen molar-refractivity contribution < 1.29 is 28.1 Å². The van der Waals surface area contributed by atoms with E-state index in [2.05, 4.69) is 6.92 Å². The molecule has 2 atom stereocenters. The van der Waals surface area contributed by atoms with Crippen molar-refractivity contribution in [1.29, 1.82) is 0 Å². The molecule has 0 saturated carbocycles. The van der Waals surface area contributed by atoms with Crippen LogP contribution in [0.4, 0.5) is 0 Å². The molecule has 0 aromatic carbocycles. The number of unbranched alkanes of at least 4 members (excludes halogenated alkanes) is 12. The van der Waals surface area contributed by atoms with E-state index in [9.17, 15) is 14.6 Å². The van der Waals surface area contributed by atoms with E-state index in [1.54, 1.807) is 0 Å². The molecule has 0 aliphatic rings. The van der Waals surface area contributed by atoms with Crippen molar-refractivity contribution in [2.45, 2.75) is 103 Å². The molecule has 0 bridgehead atoms. The summed E-state index contributed by atoms with van der Waals surface area (Å²) in [6.45, 7) is 2.85. The van der Waals surface area contributed by atoms with Gasteiger partial charge in [0.15, 0.2) is 0 Å². The third kappa shape index (κ3) is 22.5. The van der Waals surface area contributed by atoms with Crippen LogP contribution in [0.1, 0.15) is 96.8 Å². The van der Waals surface area contributed by atoms with Crippen LogP contribution in [-0.2, 0) is 13.6 Å². The Morgan fingerprint density at radius 2 is 1.24 bits per heavy atom. The van der Waals surface area contributed by atoms with E-state index in [1.165, 1.54) is 70.6 Å². The minimum absolute atomic E-state index is 0.145. The van der Waals surface area contributed by atoms with Crippen molar-refractivity contribution in [3.05, 3.63) is 0 Å². The van der Waals surface area contributed by atoms with Gasteiger partial charge in [0.25, 0.3) is 0 Å². The fraction of sp³-hybridized carbons (Fsp3) is 1.00. The molecule has 176 valence electrons. The molecule has 2 unspecified atom stereocenters. The smallest absolute Gasteiger partial charge is 0.391 e. The largest absolute Gasteiger partial charge is 0.472 e. The molecule has 0 aromatic rings. The number of aliphatic hydroxyl groups excluding tert-OH is 1. The lowest BCUT2D eigenvalue weighted by Gasteiger charge is -2.24. The van der Waals surface area contributed by atoms with Crippen LogP contribution < -0.4 is 0 Å². The van der Waals surface area contributed by atoms with Crippen LogP contribution in [0.25, 0.3) is 0 Å². The Balaban J connectivity index is 3.47. The number of rotatable bonds is 21. The van der Waals surface area contributed by atoms with Gasteiger partial charge in [0.1, 0.15) is 13.2 Å². The lowest BCUT2D eigenvalue weighted by atomic mass is 10.0. The molecule has 0 aliphatic heterocycles. The first-order valence-corrected chi connectivity index (χ1v) is 13.3. The molecule has 29 heavy (non-hydrogen) atoms. The van der Waals surface area contributed by atoms with Crippen LogP contribution in [0.15, 0.2) is 0 Å². The first kappa shape index (κ1) is 29.0. The van der Waals surface area contributed by atoms with E-state index >= 15 is 0 Å². The molecule has 0 aliphatic carbocycles. The summed E-state index contributed by atoms with van der Waals surface area (Å²) in [4.78, 5) is 9.64. The summed E-state index contributed by atoms with van der Waals surface area (Å²) in [6.07, 6.45) is 16.6. The van der Waals surface area contributed by atoms with Crippen molar-refractivity contribution in [2.24, 2.45) is 0 Å². The fourth-order valence-corrected chi connectivity index (χ4v) is 3.88. The number of likely N-dealkylation sites (N-methyl/N-ethyl adjacent to an activating group) is 1. The predicted molar refractivity (Wildman–Crippen MR) is 121 cm³/mol.